The number of methoxy groups -OCH3 is 1. The van der Waals surface area contributed by atoms with E-state index in [-0.39, 0.29) is 29.7 Å². The van der Waals surface area contributed by atoms with Crippen LogP contribution in [-0.2, 0) is 41.0 Å². The summed E-state index contributed by atoms with van der Waals surface area (Å²) in [4.78, 5) is 31.8. The minimum Gasteiger partial charge on any atom is -0.383 e. The summed E-state index contributed by atoms with van der Waals surface area (Å²) < 4.78 is 59.2. The molecular weight excluding hydrogens is 656 g/mol. The number of aromatic nitrogens is 2. The van der Waals surface area contributed by atoms with Crippen LogP contribution in [0.2, 0.25) is 0 Å². The number of hydrogen-bond donors (Lipinski definition) is 0. The van der Waals surface area contributed by atoms with Gasteiger partial charge in [-0.2, -0.15) is 18.3 Å². The largest absolute Gasteiger partial charge is 0.416 e. The highest BCUT2D eigenvalue weighted by molar-refractivity contribution is 7.98. The number of halogens is 4. The molecular formula is C37H40F4N4O3S. The molecule has 12 heteroatoms. The average Bonchev–Trinajstić information content (AvgIpc) is 3.10. The van der Waals surface area contributed by atoms with Crippen LogP contribution < -0.4 is 5.56 Å². The second kappa shape index (κ2) is 16.6. The third-order valence-electron chi connectivity index (χ3n) is 8.74. The monoisotopic (exact) mass is 696 g/mol. The molecule has 3 aromatic carbocycles. The number of alkyl halides is 3. The van der Waals surface area contributed by atoms with Crippen LogP contribution in [0.3, 0.4) is 0 Å². The Morgan fingerprint density at radius 2 is 1.57 bits per heavy atom. The molecule has 2 heterocycles. The zero-order valence-corrected chi connectivity index (χ0v) is 28.4. The first-order valence-electron chi connectivity index (χ1n) is 16.3. The Balaban J connectivity index is 1.37. The zero-order chi connectivity index (χ0) is 35.0. The normalized spacial score (nSPS) is 14.2. The maximum Gasteiger partial charge on any atom is 0.416 e. The lowest BCUT2D eigenvalue weighted by Crippen LogP contribution is -2.48. The van der Waals surface area contributed by atoms with Crippen LogP contribution in [-0.4, -0.2) is 64.9 Å². The number of likely N-dealkylation sites (tertiary alicyclic amines) is 1. The lowest BCUT2D eigenvalue weighted by molar-refractivity contribution is -0.137. The van der Waals surface area contributed by atoms with Gasteiger partial charge in [0.25, 0.3) is 5.56 Å². The zero-order valence-electron chi connectivity index (χ0n) is 27.6. The number of ether oxygens (including phenoxy) is 1. The fraction of sp³-hybridized carbons (Fsp3) is 0.378. The molecule has 0 radical (unpaired) electrons. The summed E-state index contributed by atoms with van der Waals surface area (Å²) in [6.07, 6.45) is -2.83. The Morgan fingerprint density at radius 1 is 0.959 bits per heavy atom. The number of benzene rings is 3. The van der Waals surface area contributed by atoms with Crippen LogP contribution in [0.4, 0.5) is 17.6 Å². The lowest BCUT2D eigenvalue weighted by atomic mass is 9.99. The standard InChI is InChI=1S/C37H40F4N4O3S/c1-3-45-36(47)23-34(49-25-27-6-14-31(38)15-7-27)33(42-45)22-35(46)44(32-16-18-43(19-17-32)20-21-48-2)24-26-4-8-28(9-5-26)29-10-12-30(13-11-29)37(39,40)41/h4-15,23,32H,3,16-22,24-25H2,1-2H3. The van der Waals surface area contributed by atoms with Crippen molar-refractivity contribution in [3.8, 4) is 11.1 Å². The summed E-state index contributed by atoms with van der Waals surface area (Å²) >= 11 is 1.39. The van der Waals surface area contributed by atoms with Crippen LogP contribution >= 0.6 is 11.8 Å². The van der Waals surface area contributed by atoms with Gasteiger partial charge in [0.1, 0.15) is 5.82 Å². The van der Waals surface area contributed by atoms with E-state index in [0.29, 0.717) is 41.6 Å². The molecule has 1 aliphatic rings. The molecule has 5 rings (SSSR count). The molecule has 4 aromatic rings. The highest BCUT2D eigenvalue weighted by atomic mass is 32.2. The molecule has 1 aromatic heterocycles. The summed E-state index contributed by atoms with van der Waals surface area (Å²) in [5, 5.41) is 4.59. The van der Waals surface area contributed by atoms with Crippen LogP contribution in [0.1, 0.15) is 42.1 Å². The van der Waals surface area contributed by atoms with Crippen molar-refractivity contribution in [3.63, 3.8) is 0 Å². The van der Waals surface area contributed by atoms with Crippen molar-refractivity contribution in [2.75, 3.05) is 33.4 Å². The molecule has 0 N–H and O–H groups in total. The number of thioether (sulfide) groups is 1. The lowest BCUT2D eigenvalue weighted by Gasteiger charge is -2.38. The number of amides is 1. The van der Waals surface area contributed by atoms with Crippen molar-refractivity contribution in [2.45, 2.75) is 62.1 Å². The molecule has 49 heavy (non-hydrogen) atoms. The van der Waals surface area contributed by atoms with E-state index in [1.54, 1.807) is 19.2 Å². The van der Waals surface area contributed by atoms with Crippen LogP contribution in [0.25, 0.3) is 11.1 Å². The minimum atomic E-state index is -4.40. The SMILES string of the molecule is CCn1nc(CC(=O)N(Cc2ccc(-c3ccc(C(F)(F)F)cc3)cc2)C2CCN(CCOC)CC2)c(SCc2ccc(F)cc2)cc1=O. The quantitative estimate of drug-likeness (QED) is 0.110. The van der Waals surface area contributed by atoms with Gasteiger partial charge in [0.2, 0.25) is 5.91 Å². The van der Waals surface area contributed by atoms with E-state index in [1.807, 2.05) is 36.1 Å². The molecule has 1 aliphatic heterocycles. The fourth-order valence-corrected chi connectivity index (χ4v) is 6.90. The number of piperidine rings is 1. The van der Waals surface area contributed by atoms with Gasteiger partial charge < -0.3 is 14.5 Å². The van der Waals surface area contributed by atoms with Crippen molar-refractivity contribution in [2.24, 2.45) is 0 Å². The number of rotatable bonds is 13. The van der Waals surface area contributed by atoms with Gasteiger partial charge in [-0.25, -0.2) is 9.07 Å². The number of nitrogens with zero attached hydrogens (tertiary/aromatic N) is 4. The van der Waals surface area contributed by atoms with Gasteiger partial charge in [-0.15, -0.1) is 11.8 Å². The Bertz CT molecular complexity index is 1740. The second-order valence-electron chi connectivity index (χ2n) is 12.1. The molecule has 260 valence electrons. The molecule has 0 unspecified atom stereocenters. The number of hydrogen-bond acceptors (Lipinski definition) is 6. The summed E-state index contributed by atoms with van der Waals surface area (Å²) in [5.41, 5.74) is 2.77. The molecule has 7 nitrogen and oxygen atoms in total. The Labute approximate surface area is 287 Å². The summed E-state index contributed by atoms with van der Waals surface area (Å²) in [5.74, 6) is 0.0406. The molecule has 0 aliphatic carbocycles. The van der Waals surface area contributed by atoms with E-state index in [4.69, 9.17) is 4.74 Å². The van der Waals surface area contributed by atoms with Gasteiger partial charge in [-0.05, 0) is 66.3 Å². The van der Waals surface area contributed by atoms with Gasteiger partial charge in [-0.1, -0.05) is 48.5 Å². The average molecular weight is 697 g/mol. The van der Waals surface area contributed by atoms with Crippen molar-refractivity contribution in [1.82, 2.24) is 19.6 Å². The highest BCUT2D eigenvalue weighted by Gasteiger charge is 2.31. The van der Waals surface area contributed by atoms with Crippen LogP contribution in [0, 0.1) is 5.82 Å². The van der Waals surface area contributed by atoms with Crippen LogP contribution in [0.5, 0.6) is 0 Å². The molecule has 0 saturated carbocycles. The predicted molar refractivity (Wildman–Crippen MR) is 183 cm³/mol. The van der Waals surface area contributed by atoms with Gasteiger partial charge >= 0.3 is 6.18 Å². The van der Waals surface area contributed by atoms with E-state index >= 15 is 0 Å². The smallest absolute Gasteiger partial charge is 0.383 e. The first-order valence-corrected chi connectivity index (χ1v) is 17.3. The Hall–Kier alpha value is -4.00. The van der Waals surface area contributed by atoms with Gasteiger partial charge in [0.05, 0.1) is 24.3 Å². The van der Waals surface area contributed by atoms with Gasteiger partial charge in [0.15, 0.2) is 0 Å². The predicted octanol–water partition coefficient (Wildman–Crippen LogP) is 7.06. The fourth-order valence-electron chi connectivity index (χ4n) is 5.92. The highest BCUT2D eigenvalue weighted by Crippen LogP contribution is 2.31. The third kappa shape index (κ3) is 9.80. The molecule has 1 amide bonds. The molecule has 0 atom stereocenters. The topological polar surface area (TPSA) is 67.7 Å². The molecule has 0 bridgehead atoms. The Morgan fingerprint density at radius 3 is 2.16 bits per heavy atom. The summed E-state index contributed by atoms with van der Waals surface area (Å²) in [7, 11) is 1.68. The summed E-state index contributed by atoms with van der Waals surface area (Å²) in [6, 6.07) is 20.3. The third-order valence-corrected chi connectivity index (χ3v) is 9.89. The molecule has 1 saturated heterocycles. The minimum absolute atomic E-state index is 0.000439. The van der Waals surface area contributed by atoms with Crippen LogP contribution in [0.15, 0.2) is 88.6 Å². The second-order valence-corrected chi connectivity index (χ2v) is 13.1. The first kappa shape index (κ1) is 36.3. The molecule has 0 spiro atoms. The Kier molecular flexibility index (Phi) is 12.3. The maximum absolute atomic E-state index is 14.2. The van der Waals surface area contributed by atoms with E-state index in [2.05, 4.69) is 10.00 Å². The van der Waals surface area contributed by atoms with E-state index in [9.17, 15) is 27.2 Å². The van der Waals surface area contributed by atoms with Gasteiger partial charge in [0, 0.05) is 62.6 Å². The maximum atomic E-state index is 14.2. The van der Waals surface area contributed by atoms with Gasteiger partial charge in [-0.3, -0.25) is 9.59 Å². The van der Waals surface area contributed by atoms with E-state index in [1.165, 1.54) is 46.8 Å². The van der Waals surface area contributed by atoms with Crippen molar-refractivity contribution < 1.29 is 27.1 Å². The number of aryl methyl sites for hydroxylation is 1. The summed E-state index contributed by atoms with van der Waals surface area (Å²) in [6.45, 7) is 5.63. The first-order chi connectivity index (χ1) is 23.5. The number of carbonyl (C=O) groups excluding carboxylic acids is 1. The van der Waals surface area contributed by atoms with Crippen molar-refractivity contribution in [1.29, 1.82) is 0 Å². The van der Waals surface area contributed by atoms with E-state index < -0.39 is 11.7 Å². The van der Waals surface area contributed by atoms with E-state index in [0.717, 1.165) is 61.3 Å². The van der Waals surface area contributed by atoms with Crippen molar-refractivity contribution in [3.05, 3.63) is 117 Å². The number of carbonyl (C=O) groups is 1. The van der Waals surface area contributed by atoms with Crippen molar-refractivity contribution >= 4 is 17.7 Å². The molecule has 1 fully saturated rings.